The van der Waals surface area contributed by atoms with Gasteiger partial charge in [0.05, 0.1) is 0 Å². The smallest absolute Gasteiger partial charge is 0.143 e. The lowest BCUT2D eigenvalue weighted by atomic mass is 9.92. The van der Waals surface area contributed by atoms with Crippen molar-refractivity contribution in [2.45, 2.75) is 0 Å². The quantitative estimate of drug-likeness (QED) is 0.248. The molecule has 3 nitrogen and oxygen atoms in total. The van der Waals surface area contributed by atoms with E-state index in [1.807, 2.05) is 24.5 Å². The zero-order chi connectivity index (χ0) is 25.8. The Labute approximate surface area is 225 Å². The van der Waals surface area contributed by atoms with E-state index in [4.69, 9.17) is 4.42 Å². The summed E-state index contributed by atoms with van der Waals surface area (Å²) in [5.74, 6) is 0. The van der Waals surface area contributed by atoms with Gasteiger partial charge < -0.3 is 14.4 Å². The highest BCUT2D eigenvalue weighted by Crippen LogP contribution is 2.43. The third-order valence-electron chi connectivity index (χ3n) is 7.71. The first-order chi connectivity index (χ1) is 19.3. The predicted molar refractivity (Wildman–Crippen MR) is 162 cm³/mol. The lowest BCUT2D eigenvalue weighted by Gasteiger charge is -2.10. The fourth-order valence-electron chi connectivity index (χ4n) is 5.81. The van der Waals surface area contributed by atoms with E-state index in [-0.39, 0.29) is 0 Å². The molecule has 0 amide bonds. The minimum atomic E-state index is 0.903. The maximum atomic E-state index is 6.56. The van der Waals surface area contributed by atoms with Gasteiger partial charge in [-0.2, -0.15) is 0 Å². The van der Waals surface area contributed by atoms with E-state index in [1.165, 1.54) is 38.8 Å². The molecule has 3 heterocycles. The van der Waals surface area contributed by atoms with E-state index >= 15 is 0 Å². The Morgan fingerprint density at radius 2 is 1.03 bits per heavy atom. The lowest BCUT2D eigenvalue weighted by molar-refractivity contribution is 0.673. The number of nitrogens with one attached hydrogen (secondary N) is 2. The number of fused-ring (bicyclic) bond motifs is 5. The average Bonchev–Trinajstić information content (AvgIpc) is 3.78. The third kappa shape index (κ3) is 3.52. The molecule has 0 aliphatic rings. The van der Waals surface area contributed by atoms with Gasteiger partial charge in [0.2, 0.25) is 0 Å². The zero-order valence-electron chi connectivity index (χ0n) is 21.1. The van der Waals surface area contributed by atoms with Crippen LogP contribution < -0.4 is 0 Å². The van der Waals surface area contributed by atoms with Crippen LogP contribution in [0.1, 0.15) is 0 Å². The van der Waals surface area contributed by atoms with E-state index in [0.29, 0.717) is 0 Å². The highest BCUT2D eigenvalue weighted by molar-refractivity contribution is 6.22. The molecule has 3 heteroatoms. The number of rotatable bonds is 4. The maximum absolute atomic E-state index is 6.56. The van der Waals surface area contributed by atoms with Gasteiger partial charge in [-0.1, -0.05) is 84.9 Å². The van der Waals surface area contributed by atoms with Crippen LogP contribution >= 0.6 is 0 Å². The second-order valence-electron chi connectivity index (χ2n) is 9.95. The molecule has 0 saturated carbocycles. The second kappa shape index (κ2) is 8.64. The highest BCUT2D eigenvalue weighted by atomic mass is 16.3. The van der Waals surface area contributed by atoms with Crippen LogP contribution in [0.3, 0.4) is 0 Å². The summed E-state index contributed by atoms with van der Waals surface area (Å²) in [5.41, 5.74) is 11.2. The summed E-state index contributed by atoms with van der Waals surface area (Å²) in [6.07, 6.45) is 3.91. The minimum absolute atomic E-state index is 0.903. The van der Waals surface area contributed by atoms with Crippen LogP contribution in [0.2, 0.25) is 0 Å². The molecule has 0 spiro atoms. The van der Waals surface area contributed by atoms with Crippen molar-refractivity contribution >= 4 is 32.7 Å². The Balaban J connectivity index is 1.34. The van der Waals surface area contributed by atoms with E-state index in [2.05, 4.69) is 119 Å². The van der Waals surface area contributed by atoms with Crippen molar-refractivity contribution in [3.05, 3.63) is 134 Å². The second-order valence-corrected chi connectivity index (χ2v) is 9.95. The first-order valence-electron chi connectivity index (χ1n) is 13.2. The molecule has 0 fully saturated rings. The van der Waals surface area contributed by atoms with Crippen LogP contribution in [0, 0.1) is 0 Å². The van der Waals surface area contributed by atoms with Gasteiger partial charge in [0.1, 0.15) is 11.2 Å². The van der Waals surface area contributed by atoms with Crippen molar-refractivity contribution in [2.75, 3.05) is 0 Å². The molecule has 0 atom stereocenters. The van der Waals surface area contributed by atoms with Gasteiger partial charge in [-0.05, 0) is 75.2 Å². The molecule has 0 aliphatic heterocycles. The SMILES string of the molecule is c1c[nH]c(-c2ccc(-c3cc4c(oc5cccc(-c6ccc(-c7ccc[nH]7)cc6)c54)c4ccccc34)cc2)c1. The maximum Gasteiger partial charge on any atom is 0.143 e. The molecule has 8 aromatic rings. The predicted octanol–water partition coefficient (Wildman–Crippen LogP) is 10.1. The van der Waals surface area contributed by atoms with Gasteiger partial charge in [-0.25, -0.2) is 0 Å². The molecule has 0 unspecified atom stereocenters. The van der Waals surface area contributed by atoms with Gasteiger partial charge in [0, 0.05) is 39.9 Å². The van der Waals surface area contributed by atoms with Crippen molar-refractivity contribution in [1.82, 2.24) is 9.97 Å². The Bertz CT molecular complexity index is 2080. The molecule has 5 aromatic carbocycles. The van der Waals surface area contributed by atoms with Crippen molar-refractivity contribution < 1.29 is 4.42 Å². The van der Waals surface area contributed by atoms with Crippen LogP contribution in [0.4, 0.5) is 0 Å². The minimum Gasteiger partial charge on any atom is -0.455 e. The molecular weight excluding hydrogens is 476 g/mol. The number of hydrogen-bond donors (Lipinski definition) is 2. The van der Waals surface area contributed by atoms with Crippen LogP contribution in [0.15, 0.2) is 138 Å². The summed E-state index contributed by atoms with van der Waals surface area (Å²) in [4.78, 5) is 6.60. The highest BCUT2D eigenvalue weighted by Gasteiger charge is 2.18. The molecule has 39 heavy (non-hydrogen) atoms. The summed E-state index contributed by atoms with van der Waals surface area (Å²) >= 11 is 0. The molecule has 184 valence electrons. The van der Waals surface area contributed by atoms with Gasteiger partial charge in [0.25, 0.3) is 0 Å². The van der Waals surface area contributed by atoms with Crippen LogP contribution in [-0.4, -0.2) is 9.97 Å². The van der Waals surface area contributed by atoms with E-state index < -0.39 is 0 Å². The summed E-state index contributed by atoms with van der Waals surface area (Å²) in [5, 5.41) is 4.60. The third-order valence-corrected chi connectivity index (χ3v) is 7.71. The zero-order valence-corrected chi connectivity index (χ0v) is 21.1. The summed E-state index contributed by atoms with van der Waals surface area (Å²) in [7, 11) is 0. The molecule has 0 radical (unpaired) electrons. The number of H-pyrrole nitrogens is 2. The van der Waals surface area contributed by atoms with Crippen LogP contribution in [-0.2, 0) is 0 Å². The molecule has 3 aromatic heterocycles. The average molecular weight is 501 g/mol. The molecule has 8 rings (SSSR count). The molecule has 2 N–H and O–H groups in total. The summed E-state index contributed by atoms with van der Waals surface area (Å²) in [6, 6.07) is 43.0. The Morgan fingerprint density at radius 3 is 1.64 bits per heavy atom. The van der Waals surface area contributed by atoms with E-state index in [1.54, 1.807) is 0 Å². The standard InChI is InChI=1S/C36H24N2O/c1-2-7-29-28(6-1)30(24-14-18-26(19-15-24)33-10-5-21-38-33)22-31-35-27(8-3-11-34(35)39-36(29)31)23-12-16-25(17-13-23)32-9-4-20-37-32/h1-22,37-38H. The number of benzene rings is 5. The van der Waals surface area contributed by atoms with E-state index in [9.17, 15) is 0 Å². The fourth-order valence-corrected chi connectivity index (χ4v) is 5.81. The fraction of sp³-hybridized carbons (Fsp3) is 0. The molecular formula is C36H24N2O. The first kappa shape index (κ1) is 21.8. The Kier molecular flexibility index (Phi) is 4.82. The van der Waals surface area contributed by atoms with Crippen molar-refractivity contribution in [1.29, 1.82) is 0 Å². The number of aromatic amines is 2. The normalized spacial score (nSPS) is 11.6. The number of furan rings is 1. The van der Waals surface area contributed by atoms with Crippen molar-refractivity contribution in [3.63, 3.8) is 0 Å². The van der Waals surface area contributed by atoms with Crippen molar-refractivity contribution in [3.8, 4) is 44.8 Å². The van der Waals surface area contributed by atoms with Crippen molar-refractivity contribution in [2.24, 2.45) is 0 Å². The van der Waals surface area contributed by atoms with Gasteiger partial charge in [0.15, 0.2) is 0 Å². The lowest BCUT2D eigenvalue weighted by Crippen LogP contribution is -1.85. The Hall–Kier alpha value is -5.28. The molecule has 0 aliphatic carbocycles. The monoisotopic (exact) mass is 500 g/mol. The summed E-state index contributed by atoms with van der Waals surface area (Å²) < 4.78 is 6.56. The number of hydrogen-bond acceptors (Lipinski definition) is 1. The summed E-state index contributed by atoms with van der Waals surface area (Å²) in [6.45, 7) is 0. The Morgan fingerprint density at radius 1 is 0.436 bits per heavy atom. The van der Waals surface area contributed by atoms with Crippen LogP contribution in [0.5, 0.6) is 0 Å². The van der Waals surface area contributed by atoms with Gasteiger partial charge >= 0.3 is 0 Å². The number of aromatic nitrogens is 2. The topological polar surface area (TPSA) is 44.7 Å². The first-order valence-corrected chi connectivity index (χ1v) is 13.2. The van der Waals surface area contributed by atoms with Crippen LogP contribution in [0.25, 0.3) is 77.5 Å². The van der Waals surface area contributed by atoms with Gasteiger partial charge in [-0.15, -0.1) is 0 Å². The van der Waals surface area contributed by atoms with E-state index in [0.717, 1.165) is 38.7 Å². The molecule has 0 bridgehead atoms. The largest absolute Gasteiger partial charge is 0.455 e. The van der Waals surface area contributed by atoms with Gasteiger partial charge in [-0.3, -0.25) is 0 Å². The molecule has 0 saturated heterocycles.